The number of nitrogens with one attached hydrogen (secondary N) is 1. The molecule has 1 saturated heterocycles. The van der Waals surface area contributed by atoms with Crippen LogP contribution in [0.1, 0.15) is 11.6 Å². The standard InChI is InChI=1S/C17H17ClN2O2/c18-14-8-6-13(7-9-14)16-12-20(11-10-19-16)17(21)22-15-4-2-1-3-5-15/h1-9,16,19H,10-12H2. The van der Waals surface area contributed by atoms with Crippen LogP contribution in [-0.2, 0) is 0 Å². The minimum atomic E-state index is -0.313. The summed E-state index contributed by atoms with van der Waals surface area (Å²) >= 11 is 5.92. The average molecular weight is 317 g/mol. The number of benzene rings is 2. The number of para-hydroxylation sites is 1. The molecule has 2 aromatic carbocycles. The summed E-state index contributed by atoms with van der Waals surface area (Å²) < 4.78 is 5.40. The first-order chi connectivity index (χ1) is 10.7. The summed E-state index contributed by atoms with van der Waals surface area (Å²) in [6.07, 6.45) is -0.313. The summed E-state index contributed by atoms with van der Waals surface area (Å²) in [6.45, 7) is 1.94. The molecule has 5 heteroatoms. The first kappa shape index (κ1) is 14.9. The number of rotatable bonds is 2. The summed E-state index contributed by atoms with van der Waals surface area (Å²) in [6, 6.07) is 16.9. The van der Waals surface area contributed by atoms with E-state index >= 15 is 0 Å². The lowest BCUT2D eigenvalue weighted by Gasteiger charge is -2.33. The van der Waals surface area contributed by atoms with Gasteiger partial charge in [0.2, 0.25) is 0 Å². The van der Waals surface area contributed by atoms with Gasteiger partial charge in [-0.15, -0.1) is 0 Å². The van der Waals surface area contributed by atoms with Gasteiger partial charge in [0.05, 0.1) is 6.04 Å². The minimum Gasteiger partial charge on any atom is -0.410 e. The molecular formula is C17H17ClN2O2. The van der Waals surface area contributed by atoms with Gasteiger partial charge in [-0.3, -0.25) is 0 Å². The summed E-state index contributed by atoms with van der Waals surface area (Å²) in [5, 5.41) is 4.12. The number of carbonyl (C=O) groups is 1. The highest BCUT2D eigenvalue weighted by atomic mass is 35.5. The number of hydrogen-bond acceptors (Lipinski definition) is 3. The van der Waals surface area contributed by atoms with Crippen LogP contribution in [-0.4, -0.2) is 30.6 Å². The summed E-state index contributed by atoms with van der Waals surface area (Å²) in [5.74, 6) is 0.564. The molecule has 1 heterocycles. The molecule has 1 N–H and O–H groups in total. The Morgan fingerprint density at radius 3 is 2.59 bits per heavy atom. The fourth-order valence-electron chi connectivity index (χ4n) is 2.49. The molecule has 4 nitrogen and oxygen atoms in total. The fourth-order valence-corrected chi connectivity index (χ4v) is 2.61. The van der Waals surface area contributed by atoms with E-state index in [-0.39, 0.29) is 12.1 Å². The monoisotopic (exact) mass is 316 g/mol. The SMILES string of the molecule is O=C(Oc1ccccc1)N1CCNC(c2ccc(Cl)cc2)C1. The number of nitrogens with zero attached hydrogens (tertiary/aromatic N) is 1. The maximum absolute atomic E-state index is 12.3. The van der Waals surface area contributed by atoms with E-state index in [4.69, 9.17) is 16.3 Å². The topological polar surface area (TPSA) is 41.6 Å². The Morgan fingerprint density at radius 1 is 1.14 bits per heavy atom. The van der Waals surface area contributed by atoms with Crippen LogP contribution in [0, 0.1) is 0 Å². The number of piperazine rings is 1. The van der Waals surface area contributed by atoms with Crippen molar-refractivity contribution in [3.8, 4) is 5.75 Å². The third-order valence-corrected chi connectivity index (χ3v) is 3.91. The first-order valence-electron chi connectivity index (χ1n) is 7.23. The van der Waals surface area contributed by atoms with Crippen LogP contribution in [0.3, 0.4) is 0 Å². The largest absolute Gasteiger partial charge is 0.415 e. The van der Waals surface area contributed by atoms with Gasteiger partial charge in [-0.1, -0.05) is 41.9 Å². The Labute approximate surface area is 134 Å². The van der Waals surface area contributed by atoms with Crippen LogP contribution in [0.25, 0.3) is 0 Å². The van der Waals surface area contributed by atoms with Crippen molar-refractivity contribution in [1.82, 2.24) is 10.2 Å². The molecule has 1 atom stereocenters. The van der Waals surface area contributed by atoms with Crippen molar-refractivity contribution >= 4 is 17.7 Å². The van der Waals surface area contributed by atoms with Crippen LogP contribution >= 0.6 is 11.6 Å². The van der Waals surface area contributed by atoms with Crippen LogP contribution in [0.15, 0.2) is 54.6 Å². The quantitative estimate of drug-likeness (QED) is 0.922. The molecular weight excluding hydrogens is 300 g/mol. The van der Waals surface area contributed by atoms with Gasteiger partial charge in [0.1, 0.15) is 5.75 Å². The third kappa shape index (κ3) is 3.59. The Balaban J connectivity index is 1.65. The molecule has 1 aliphatic rings. The van der Waals surface area contributed by atoms with E-state index in [1.165, 1.54) is 0 Å². The summed E-state index contributed by atoms with van der Waals surface area (Å²) in [4.78, 5) is 14.0. The number of carbonyl (C=O) groups excluding carboxylic acids is 1. The molecule has 0 bridgehead atoms. The van der Waals surface area contributed by atoms with Crippen molar-refractivity contribution in [3.05, 3.63) is 65.2 Å². The summed E-state index contributed by atoms with van der Waals surface area (Å²) in [5.41, 5.74) is 1.11. The van der Waals surface area contributed by atoms with Gasteiger partial charge in [-0.05, 0) is 29.8 Å². The molecule has 1 amide bonds. The molecule has 0 spiro atoms. The van der Waals surface area contributed by atoms with Gasteiger partial charge in [0.25, 0.3) is 0 Å². The van der Waals surface area contributed by atoms with E-state index in [0.717, 1.165) is 12.1 Å². The highest BCUT2D eigenvalue weighted by Gasteiger charge is 2.25. The van der Waals surface area contributed by atoms with Gasteiger partial charge in [0, 0.05) is 24.7 Å². The second kappa shape index (κ2) is 6.81. The lowest BCUT2D eigenvalue weighted by molar-refractivity contribution is 0.135. The zero-order chi connectivity index (χ0) is 15.4. The van der Waals surface area contributed by atoms with E-state index in [0.29, 0.717) is 23.9 Å². The zero-order valence-corrected chi connectivity index (χ0v) is 12.8. The van der Waals surface area contributed by atoms with Crippen LogP contribution in [0.4, 0.5) is 4.79 Å². The molecule has 114 valence electrons. The maximum atomic E-state index is 12.3. The Kier molecular flexibility index (Phi) is 4.61. The van der Waals surface area contributed by atoms with Crippen molar-refractivity contribution in [2.45, 2.75) is 6.04 Å². The van der Waals surface area contributed by atoms with E-state index in [2.05, 4.69) is 5.32 Å². The maximum Gasteiger partial charge on any atom is 0.415 e. The molecule has 3 rings (SSSR count). The molecule has 2 aromatic rings. The number of ether oxygens (including phenoxy) is 1. The van der Waals surface area contributed by atoms with Gasteiger partial charge < -0.3 is 15.0 Å². The van der Waals surface area contributed by atoms with Gasteiger partial charge in [-0.2, -0.15) is 0 Å². The molecule has 0 radical (unpaired) electrons. The number of halogens is 1. The molecule has 0 aliphatic carbocycles. The van der Waals surface area contributed by atoms with Crippen molar-refractivity contribution in [2.75, 3.05) is 19.6 Å². The first-order valence-corrected chi connectivity index (χ1v) is 7.61. The van der Waals surface area contributed by atoms with Gasteiger partial charge in [0.15, 0.2) is 0 Å². The van der Waals surface area contributed by atoms with Crippen LogP contribution < -0.4 is 10.1 Å². The van der Waals surface area contributed by atoms with Crippen molar-refractivity contribution in [2.24, 2.45) is 0 Å². The highest BCUT2D eigenvalue weighted by molar-refractivity contribution is 6.30. The predicted molar refractivity (Wildman–Crippen MR) is 86.2 cm³/mol. The normalized spacial score (nSPS) is 18.0. The number of amides is 1. The van der Waals surface area contributed by atoms with E-state index in [9.17, 15) is 4.79 Å². The van der Waals surface area contributed by atoms with Crippen LogP contribution in [0.2, 0.25) is 5.02 Å². The molecule has 22 heavy (non-hydrogen) atoms. The lowest BCUT2D eigenvalue weighted by atomic mass is 10.1. The van der Waals surface area contributed by atoms with Crippen molar-refractivity contribution in [3.63, 3.8) is 0 Å². The fraction of sp³-hybridized carbons (Fsp3) is 0.235. The average Bonchev–Trinajstić information content (AvgIpc) is 2.56. The third-order valence-electron chi connectivity index (χ3n) is 3.65. The molecule has 1 unspecified atom stereocenters. The highest BCUT2D eigenvalue weighted by Crippen LogP contribution is 2.20. The van der Waals surface area contributed by atoms with E-state index < -0.39 is 0 Å². The van der Waals surface area contributed by atoms with Crippen molar-refractivity contribution in [1.29, 1.82) is 0 Å². The van der Waals surface area contributed by atoms with Gasteiger partial charge in [-0.25, -0.2) is 4.79 Å². The van der Waals surface area contributed by atoms with E-state index in [1.54, 1.807) is 17.0 Å². The zero-order valence-electron chi connectivity index (χ0n) is 12.0. The minimum absolute atomic E-state index is 0.0920. The van der Waals surface area contributed by atoms with Crippen molar-refractivity contribution < 1.29 is 9.53 Å². The number of hydrogen-bond donors (Lipinski definition) is 1. The predicted octanol–water partition coefficient (Wildman–Crippen LogP) is 3.49. The smallest absolute Gasteiger partial charge is 0.410 e. The molecule has 1 fully saturated rings. The Bertz CT molecular complexity index is 631. The Hall–Kier alpha value is -2.04. The lowest BCUT2D eigenvalue weighted by Crippen LogP contribution is -2.49. The molecule has 0 aromatic heterocycles. The Morgan fingerprint density at radius 2 is 1.86 bits per heavy atom. The molecule has 1 aliphatic heterocycles. The van der Waals surface area contributed by atoms with E-state index in [1.807, 2.05) is 42.5 Å². The summed E-state index contributed by atoms with van der Waals surface area (Å²) in [7, 11) is 0. The van der Waals surface area contributed by atoms with Gasteiger partial charge >= 0.3 is 6.09 Å². The van der Waals surface area contributed by atoms with Crippen LogP contribution in [0.5, 0.6) is 5.75 Å². The second-order valence-electron chi connectivity index (χ2n) is 5.19. The second-order valence-corrected chi connectivity index (χ2v) is 5.62. The molecule has 0 saturated carbocycles.